The topological polar surface area (TPSA) is 57.2 Å². The summed E-state index contributed by atoms with van der Waals surface area (Å²) < 4.78 is 0. The highest BCUT2D eigenvalue weighted by molar-refractivity contribution is 5.65. The normalized spacial score (nSPS) is 14.2. The first-order valence-corrected chi connectivity index (χ1v) is 9.93. The molecule has 6 nitrogen and oxygen atoms in total. The van der Waals surface area contributed by atoms with Gasteiger partial charge in [-0.05, 0) is 18.6 Å². The van der Waals surface area contributed by atoms with Crippen LogP contribution in [0.2, 0.25) is 0 Å². The Morgan fingerprint density at radius 3 is 2.25 bits per heavy atom. The van der Waals surface area contributed by atoms with Gasteiger partial charge in [0, 0.05) is 50.6 Å². The van der Waals surface area contributed by atoms with Gasteiger partial charge in [0.05, 0.1) is 5.69 Å². The summed E-state index contributed by atoms with van der Waals surface area (Å²) in [6, 6.07) is 18.5. The third-order valence-corrected chi connectivity index (χ3v) is 4.89. The number of rotatable bonds is 6. The van der Waals surface area contributed by atoms with Gasteiger partial charge in [0.25, 0.3) is 0 Å². The maximum absolute atomic E-state index is 4.79. The Bertz CT molecular complexity index is 876. The number of piperazine rings is 1. The highest BCUT2D eigenvalue weighted by atomic mass is 15.3. The maximum atomic E-state index is 4.79. The van der Waals surface area contributed by atoms with Gasteiger partial charge < -0.3 is 15.1 Å². The molecule has 0 saturated carbocycles. The minimum atomic E-state index is 0.699. The van der Waals surface area contributed by atoms with E-state index in [1.807, 2.05) is 36.5 Å². The lowest BCUT2D eigenvalue weighted by atomic mass is 10.1. The fraction of sp³-hybridized carbons (Fsp3) is 0.318. The number of pyridine rings is 1. The summed E-state index contributed by atoms with van der Waals surface area (Å²) in [4.78, 5) is 18.7. The molecule has 1 fully saturated rings. The molecular formula is C22H26N6. The Kier molecular flexibility index (Phi) is 5.66. The van der Waals surface area contributed by atoms with E-state index < -0.39 is 0 Å². The van der Waals surface area contributed by atoms with Crippen molar-refractivity contribution in [2.75, 3.05) is 47.8 Å². The number of anilines is 3. The summed E-state index contributed by atoms with van der Waals surface area (Å²) in [5.74, 6) is 2.72. The second kappa shape index (κ2) is 8.69. The van der Waals surface area contributed by atoms with Crippen LogP contribution in [0.4, 0.5) is 17.6 Å². The zero-order chi connectivity index (χ0) is 19.2. The Morgan fingerprint density at radius 1 is 0.857 bits per heavy atom. The van der Waals surface area contributed by atoms with E-state index in [9.17, 15) is 0 Å². The van der Waals surface area contributed by atoms with Gasteiger partial charge in [-0.3, -0.25) is 0 Å². The molecule has 0 aliphatic carbocycles. The lowest BCUT2D eigenvalue weighted by Gasteiger charge is -2.36. The molecule has 4 rings (SSSR count). The molecule has 28 heavy (non-hydrogen) atoms. The standard InChI is InChI=1S/C22H26N6/c1-2-11-24-22-25-19(18-8-4-3-5-9-18)17-21(26-22)28-15-13-27(14-16-28)20-10-6-7-12-23-20/h3-10,12,17H,2,11,13-16H2,1H3,(H,24,25,26). The van der Waals surface area contributed by atoms with Crippen molar-refractivity contribution in [2.45, 2.75) is 13.3 Å². The molecule has 0 amide bonds. The van der Waals surface area contributed by atoms with Crippen LogP contribution in [0.1, 0.15) is 13.3 Å². The van der Waals surface area contributed by atoms with E-state index >= 15 is 0 Å². The minimum absolute atomic E-state index is 0.699. The van der Waals surface area contributed by atoms with E-state index in [1.54, 1.807) is 0 Å². The number of hydrogen-bond donors (Lipinski definition) is 1. The molecule has 0 spiro atoms. The zero-order valence-corrected chi connectivity index (χ0v) is 16.3. The van der Waals surface area contributed by atoms with Crippen LogP contribution in [0.15, 0.2) is 60.8 Å². The Hall–Kier alpha value is -3.15. The average molecular weight is 374 g/mol. The predicted octanol–water partition coefficient (Wildman–Crippen LogP) is 3.69. The van der Waals surface area contributed by atoms with Crippen molar-refractivity contribution >= 4 is 17.6 Å². The monoisotopic (exact) mass is 374 g/mol. The first kappa shape index (κ1) is 18.2. The Labute approximate surface area is 166 Å². The van der Waals surface area contributed by atoms with Gasteiger partial charge in [-0.25, -0.2) is 9.97 Å². The van der Waals surface area contributed by atoms with Gasteiger partial charge in [0.2, 0.25) is 5.95 Å². The lowest BCUT2D eigenvalue weighted by Crippen LogP contribution is -2.47. The van der Waals surface area contributed by atoms with E-state index in [1.165, 1.54) is 0 Å². The summed E-state index contributed by atoms with van der Waals surface area (Å²) in [5, 5.41) is 3.35. The summed E-state index contributed by atoms with van der Waals surface area (Å²) in [5.41, 5.74) is 2.06. The quantitative estimate of drug-likeness (QED) is 0.710. The molecule has 0 unspecified atom stereocenters. The lowest BCUT2D eigenvalue weighted by molar-refractivity contribution is 0.641. The van der Waals surface area contributed by atoms with E-state index in [-0.39, 0.29) is 0 Å². The molecule has 1 aliphatic rings. The first-order chi connectivity index (χ1) is 13.8. The molecule has 0 radical (unpaired) electrons. The molecule has 1 N–H and O–H groups in total. The van der Waals surface area contributed by atoms with Crippen molar-refractivity contribution < 1.29 is 0 Å². The second-order valence-corrected chi connectivity index (χ2v) is 6.89. The summed E-state index contributed by atoms with van der Waals surface area (Å²) in [7, 11) is 0. The van der Waals surface area contributed by atoms with Crippen molar-refractivity contribution in [2.24, 2.45) is 0 Å². The highest BCUT2D eigenvalue weighted by Gasteiger charge is 2.20. The van der Waals surface area contributed by atoms with Crippen LogP contribution in [0.3, 0.4) is 0 Å². The fourth-order valence-corrected chi connectivity index (χ4v) is 3.37. The van der Waals surface area contributed by atoms with Crippen LogP contribution >= 0.6 is 0 Å². The molecule has 3 heterocycles. The highest BCUT2D eigenvalue weighted by Crippen LogP contribution is 2.25. The first-order valence-electron chi connectivity index (χ1n) is 9.93. The molecule has 0 bridgehead atoms. The van der Waals surface area contributed by atoms with E-state index in [0.29, 0.717) is 5.95 Å². The molecule has 1 aromatic carbocycles. The summed E-state index contributed by atoms with van der Waals surface area (Å²) >= 11 is 0. The van der Waals surface area contributed by atoms with E-state index in [4.69, 9.17) is 9.97 Å². The zero-order valence-electron chi connectivity index (χ0n) is 16.3. The van der Waals surface area contributed by atoms with Crippen LogP contribution in [0, 0.1) is 0 Å². The predicted molar refractivity (Wildman–Crippen MR) is 115 cm³/mol. The summed E-state index contributed by atoms with van der Waals surface area (Å²) in [6.45, 7) is 6.69. The van der Waals surface area contributed by atoms with Gasteiger partial charge >= 0.3 is 0 Å². The van der Waals surface area contributed by atoms with Gasteiger partial charge in [-0.2, -0.15) is 4.98 Å². The molecule has 1 saturated heterocycles. The van der Waals surface area contributed by atoms with Crippen LogP contribution < -0.4 is 15.1 Å². The molecule has 2 aromatic heterocycles. The molecule has 0 atom stereocenters. The van der Waals surface area contributed by atoms with Gasteiger partial charge in [0.1, 0.15) is 11.6 Å². The van der Waals surface area contributed by atoms with Gasteiger partial charge in [-0.1, -0.05) is 43.3 Å². The fourth-order valence-electron chi connectivity index (χ4n) is 3.37. The number of nitrogens with one attached hydrogen (secondary N) is 1. The van der Waals surface area contributed by atoms with Crippen LogP contribution in [0.5, 0.6) is 0 Å². The van der Waals surface area contributed by atoms with Crippen molar-refractivity contribution in [3.05, 3.63) is 60.8 Å². The second-order valence-electron chi connectivity index (χ2n) is 6.89. The van der Waals surface area contributed by atoms with Gasteiger partial charge in [0.15, 0.2) is 0 Å². The van der Waals surface area contributed by atoms with Crippen LogP contribution in [0.25, 0.3) is 11.3 Å². The third kappa shape index (κ3) is 4.22. The third-order valence-electron chi connectivity index (χ3n) is 4.89. The average Bonchev–Trinajstić information content (AvgIpc) is 2.79. The van der Waals surface area contributed by atoms with Crippen LogP contribution in [-0.2, 0) is 0 Å². The van der Waals surface area contributed by atoms with Crippen molar-refractivity contribution in [1.29, 1.82) is 0 Å². The number of aromatic nitrogens is 3. The van der Waals surface area contributed by atoms with Crippen molar-refractivity contribution in [3.8, 4) is 11.3 Å². The molecular weight excluding hydrogens is 348 g/mol. The Balaban J connectivity index is 1.55. The SMILES string of the molecule is CCCNc1nc(-c2ccccc2)cc(N2CCN(c3ccccn3)CC2)n1. The van der Waals surface area contributed by atoms with Crippen LogP contribution in [-0.4, -0.2) is 47.7 Å². The van der Waals surface area contributed by atoms with Gasteiger partial charge in [-0.15, -0.1) is 0 Å². The molecule has 3 aromatic rings. The molecule has 144 valence electrons. The number of benzene rings is 1. The largest absolute Gasteiger partial charge is 0.354 e. The van der Waals surface area contributed by atoms with E-state index in [0.717, 1.165) is 62.0 Å². The number of hydrogen-bond acceptors (Lipinski definition) is 6. The number of nitrogens with zero attached hydrogens (tertiary/aromatic N) is 5. The maximum Gasteiger partial charge on any atom is 0.225 e. The van der Waals surface area contributed by atoms with Crippen molar-refractivity contribution in [1.82, 2.24) is 15.0 Å². The molecule has 6 heteroatoms. The minimum Gasteiger partial charge on any atom is -0.354 e. The Morgan fingerprint density at radius 2 is 1.57 bits per heavy atom. The smallest absolute Gasteiger partial charge is 0.225 e. The van der Waals surface area contributed by atoms with Crippen molar-refractivity contribution in [3.63, 3.8) is 0 Å². The van der Waals surface area contributed by atoms with E-state index in [2.05, 4.69) is 51.3 Å². The summed E-state index contributed by atoms with van der Waals surface area (Å²) in [6.07, 6.45) is 2.89. The molecule has 1 aliphatic heterocycles.